The molecular formula is C16H16F3N5O2. The minimum Gasteiger partial charge on any atom is -0.371 e. The summed E-state index contributed by atoms with van der Waals surface area (Å²) in [6.07, 6.45) is -3.68. The van der Waals surface area contributed by atoms with Gasteiger partial charge in [0.15, 0.2) is 5.82 Å². The zero-order chi connectivity index (χ0) is 18.7. The van der Waals surface area contributed by atoms with Gasteiger partial charge in [0, 0.05) is 13.1 Å². The van der Waals surface area contributed by atoms with Gasteiger partial charge in [0.05, 0.1) is 24.2 Å². The van der Waals surface area contributed by atoms with E-state index in [0.29, 0.717) is 17.9 Å². The highest BCUT2D eigenvalue weighted by molar-refractivity contribution is 5.87. The molecule has 1 aliphatic heterocycles. The second kappa shape index (κ2) is 7.24. The predicted octanol–water partition coefficient (Wildman–Crippen LogP) is 1.92. The molecule has 0 unspecified atom stereocenters. The van der Waals surface area contributed by atoms with Crippen molar-refractivity contribution in [3.8, 4) is 0 Å². The maximum absolute atomic E-state index is 12.8. The number of amides is 1. The van der Waals surface area contributed by atoms with Crippen molar-refractivity contribution in [1.29, 1.82) is 0 Å². The van der Waals surface area contributed by atoms with Crippen LogP contribution in [0.25, 0.3) is 0 Å². The summed E-state index contributed by atoms with van der Waals surface area (Å²) in [7, 11) is 0. The van der Waals surface area contributed by atoms with E-state index in [4.69, 9.17) is 4.74 Å². The van der Waals surface area contributed by atoms with Gasteiger partial charge in [-0.05, 0) is 23.8 Å². The molecule has 0 radical (unpaired) electrons. The fourth-order valence-electron chi connectivity index (χ4n) is 2.87. The second-order valence-corrected chi connectivity index (χ2v) is 5.87. The predicted molar refractivity (Wildman–Crippen MR) is 83.7 cm³/mol. The number of alkyl halides is 3. The molecule has 1 aromatic heterocycles. The van der Waals surface area contributed by atoms with Crippen molar-refractivity contribution >= 4 is 5.91 Å². The Morgan fingerprint density at radius 2 is 2.23 bits per heavy atom. The molecule has 1 amide bonds. The van der Waals surface area contributed by atoms with Gasteiger partial charge in [-0.15, -0.1) is 10.2 Å². The Labute approximate surface area is 146 Å². The van der Waals surface area contributed by atoms with E-state index in [1.54, 1.807) is 6.07 Å². The van der Waals surface area contributed by atoms with Crippen molar-refractivity contribution in [1.82, 2.24) is 25.5 Å². The average molecular weight is 367 g/mol. The number of aromatic amines is 1. The van der Waals surface area contributed by atoms with Crippen LogP contribution in [-0.2, 0) is 22.3 Å². The fraction of sp³-hybridized carbons (Fsp3) is 0.375. The Kier molecular flexibility index (Phi) is 5.03. The number of hydrogen-bond acceptors (Lipinski definition) is 5. The number of H-pyrrole nitrogens is 1. The molecule has 1 fully saturated rings. The van der Waals surface area contributed by atoms with E-state index in [0.717, 1.165) is 12.1 Å². The van der Waals surface area contributed by atoms with Crippen LogP contribution in [0.15, 0.2) is 36.9 Å². The summed E-state index contributed by atoms with van der Waals surface area (Å²) in [5.74, 6) is -0.203. The van der Waals surface area contributed by atoms with Crippen molar-refractivity contribution in [3.05, 3.63) is 53.9 Å². The van der Waals surface area contributed by atoms with Gasteiger partial charge in [-0.2, -0.15) is 18.4 Å². The lowest BCUT2D eigenvalue weighted by atomic mass is 10.1. The van der Waals surface area contributed by atoms with Gasteiger partial charge in [0.1, 0.15) is 0 Å². The number of halogens is 3. The number of benzene rings is 1. The Morgan fingerprint density at radius 1 is 1.42 bits per heavy atom. The Bertz CT molecular complexity index is 778. The topological polar surface area (TPSA) is 84.0 Å². The lowest BCUT2D eigenvalue weighted by Gasteiger charge is -2.17. The van der Waals surface area contributed by atoms with E-state index in [1.807, 2.05) is 0 Å². The van der Waals surface area contributed by atoms with Crippen LogP contribution in [-0.4, -0.2) is 50.6 Å². The van der Waals surface area contributed by atoms with E-state index in [2.05, 4.69) is 27.2 Å². The molecule has 2 atom stereocenters. The molecule has 3 rings (SSSR count). The molecule has 2 heterocycles. The van der Waals surface area contributed by atoms with Crippen LogP contribution in [0.1, 0.15) is 22.9 Å². The molecule has 1 aliphatic rings. The van der Waals surface area contributed by atoms with Crippen LogP contribution < -0.4 is 0 Å². The molecule has 1 N–H and O–H groups in total. The molecular weight excluding hydrogens is 351 g/mol. The summed E-state index contributed by atoms with van der Waals surface area (Å²) >= 11 is 0. The van der Waals surface area contributed by atoms with E-state index in [9.17, 15) is 18.0 Å². The minimum absolute atomic E-state index is 0.0287. The van der Waals surface area contributed by atoms with Gasteiger partial charge in [0.2, 0.25) is 5.91 Å². The normalized spacial score (nSPS) is 20.3. The largest absolute Gasteiger partial charge is 0.416 e. The summed E-state index contributed by atoms with van der Waals surface area (Å²) in [5, 5.41) is 13.7. The van der Waals surface area contributed by atoms with Crippen molar-refractivity contribution in [3.63, 3.8) is 0 Å². The zero-order valence-corrected chi connectivity index (χ0v) is 13.6. The van der Waals surface area contributed by atoms with Crippen molar-refractivity contribution in [2.45, 2.75) is 24.8 Å². The van der Waals surface area contributed by atoms with Crippen LogP contribution in [0.3, 0.4) is 0 Å². The summed E-state index contributed by atoms with van der Waals surface area (Å²) < 4.78 is 44.2. The first-order valence-corrected chi connectivity index (χ1v) is 7.81. The molecule has 10 heteroatoms. The Hall–Kier alpha value is -2.75. The van der Waals surface area contributed by atoms with Gasteiger partial charge < -0.3 is 9.64 Å². The molecule has 7 nitrogen and oxygen atoms in total. The number of carbonyl (C=O) groups is 1. The monoisotopic (exact) mass is 367 g/mol. The van der Waals surface area contributed by atoms with Crippen molar-refractivity contribution < 1.29 is 22.7 Å². The van der Waals surface area contributed by atoms with E-state index in [-0.39, 0.29) is 25.0 Å². The standard InChI is InChI=1S/C16H16F3N5O2/c1-2-14(25)24-7-12(15-20-22-23-21-15)13(8-24)26-9-10-4-3-5-11(6-10)16(17,18)19/h2-6,12-13H,1,7-9H2,(H,20,21,22,23)/t12-,13-/m1/s1. The molecule has 1 aromatic carbocycles. The fourth-order valence-corrected chi connectivity index (χ4v) is 2.87. The van der Waals surface area contributed by atoms with Crippen LogP contribution >= 0.6 is 0 Å². The summed E-state index contributed by atoms with van der Waals surface area (Å²) in [5.41, 5.74) is -0.344. The first-order chi connectivity index (χ1) is 12.4. The number of ether oxygens (including phenoxy) is 1. The summed E-state index contributed by atoms with van der Waals surface area (Å²) in [6, 6.07) is 4.94. The van der Waals surface area contributed by atoms with Gasteiger partial charge >= 0.3 is 6.18 Å². The highest BCUT2D eigenvalue weighted by atomic mass is 19.4. The van der Waals surface area contributed by atoms with Crippen molar-refractivity contribution in [2.75, 3.05) is 13.1 Å². The van der Waals surface area contributed by atoms with E-state index >= 15 is 0 Å². The zero-order valence-electron chi connectivity index (χ0n) is 13.6. The Balaban J connectivity index is 1.72. The van der Waals surface area contributed by atoms with Crippen LogP contribution in [0.5, 0.6) is 0 Å². The smallest absolute Gasteiger partial charge is 0.371 e. The third-order valence-corrected chi connectivity index (χ3v) is 4.16. The van der Waals surface area contributed by atoms with Gasteiger partial charge in [-0.3, -0.25) is 4.79 Å². The number of nitrogens with one attached hydrogen (secondary N) is 1. The molecule has 0 saturated carbocycles. The first kappa shape index (κ1) is 18.1. The highest BCUT2D eigenvalue weighted by Gasteiger charge is 2.39. The molecule has 26 heavy (non-hydrogen) atoms. The molecule has 1 saturated heterocycles. The number of rotatable bonds is 5. The third kappa shape index (κ3) is 3.90. The van der Waals surface area contributed by atoms with Gasteiger partial charge in [-0.25, -0.2) is 0 Å². The number of carbonyl (C=O) groups excluding carboxylic acids is 1. The Morgan fingerprint density at radius 3 is 2.88 bits per heavy atom. The number of hydrogen-bond donors (Lipinski definition) is 1. The lowest BCUT2D eigenvalue weighted by molar-refractivity contribution is -0.137. The van der Waals surface area contributed by atoms with Crippen LogP contribution in [0.4, 0.5) is 13.2 Å². The van der Waals surface area contributed by atoms with E-state index < -0.39 is 17.8 Å². The summed E-state index contributed by atoms with van der Waals surface area (Å²) in [6.45, 7) is 4.01. The summed E-state index contributed by atoms with van der Waals surface area (Å²) in [4.78, 5) is 13.4. The van der Waals surface area contributed by atoms with Gasteiger partial charge in [0.25, 0.3) is 0 Å². The number of likely N-dealkylation sites (tertiary alicyclic amines) is 1. The van der Waals surface area contributed by atoms with Crippen LogP contribution in [0, 0.1) is 0 Å². The van der Waals surface area contributed by atoms with Crippen molar-refractivity contribution in [2.24, 2.45) is 0 Å². The quantitative estimate of drug-likeness (QED) is 0.817. The van der Waals surface area contributed by atoms with Crippen LogP contribution in [0.2, 0.25) is 0 Å². The molecule has 0 bridgehead atoms. The SMILES string of the molecule is C=CC(=O)N1C[C@@H](OCc2cccc(C(F)(F)F)c2)[C@H](c2nn[nH]n2)C1. The minimum atomic E-state index is -4.41. The second-order valence-electron chi connectivity index (χ2n) is 5.87. The van der Waals surface area contributed by atoms with Gasteiger partial charge in [-0.1, -0.05) is 23.9 Å². The third-order valence-electron chi connectivity index (χ3n) is 4.16. The molecule has 0 spiro atoms. The lowest BCUT2D eigenvalue weighted by Crippen LogP contribution is -2.28. The average Bonchev–Trinajstić information content (AvgIpc) is 3.28. The first-order valence-electron chi connectivity index (χ1n) is 7.81. The molecule has 0 aliphatic carbocycles. The maximum atomic E-state index is 12.8. The number of aromatic nitrogens is 4. The van der Waals surface area contributed by atoms with E-state index in [1.165, 1.54) is 17.0 Å². The highest BCUT2D eigenvalue weighted by Crippen LogP contribution is 2.31. The molecule has 138 valence electrons. The number of nitrogens with zero attached hydrogens (tertiary/aromatic N) is 4. The molecule has 2 aromatic rings. The maximum Gasteiger partial charge on any atom is 0.416 e. The number of tetrazole rings is 1.